The second-order valence-corrected chi connectivity index (χ2v) is 5.13. The van der Waals surface area contributed by atoms with Crippen molar-refractivity contribution in [2.24, 2.45) is 0 Å². The Bertz CT molecular complexity index is 500. The van der Waals surface area contributed by atoms with Gasteiger partial charge in [-0.2, -0.15) is 0 Å². The third-order valence-corrected chi connectivity index (χ3v) is 3.36. The first-order valence-corrected chi connectivity index (χ1v) is 6.75. The highest BCUT2D eigenvalue weighted by Crippen LogP contribution is 2.19. The van der Waals surface area contributed by atoms with Crippen molar-refractivity contribution in [3.05, 3.63) is 35.4 Å². The van der Waals surface area contributed by atoms with E-state index in [1.54, 1.807) is 0 Å². The Balaban J connectivity index is 1.75. The number of aliphatic carboxylic acids is 1. The fraction of sp³-hybridized carbons (Fsp3) is 0.467. The predicted octanol–water partition coefficient (Wildman–Crippen LogP) is 1.29. The van der Waals surface area contributed by atoms with Crippen LogP contribution in [0.1, 0.15) is 24.0 Å². The highest BCUT2D eigenvalue weighted by Gasteiger charge is 2.30. The van der Waals surface area contributed by atoms with Crippen LogP contribution in [0.2, 0.25) is 0 Å². The minimum absolute atomic E-state index is 0.0713. The summed E-state index contributed by atoms with van der Waals surface area (Å²) < 4.78 is 5.33. The quantitative estimate of drug-likeness (QED) is 0.850. The molecule has 1 saturated heterocycles. The second kappa shape index (κ2) is 6.52. The van der Waals surface area contributed by atoms with Crippen molar-refractivity contribution < 1.29 is 19.4 Å². The van der Waals surface area contributed by atoms with Gasteiger partial charge in [0.15, 0.2) is 6.10 Å². The molecule has 1 fully saturated rings. The highest BCUT2D eigenvalue weighted by atomic mass is 16.5. The summed E-state index contributed by atoms with van der Waals surface area (Å²) in [5.41, 5.74) is 2.09. The Morgan fingerprint density at radius 1 is 1.40 bits per heavy atom. The van der Waals surface area contributed by atoms with Crippen LogP contribution in [0.3, 0.4) is 0 Å². The number of carboxylic acids is 1. The minimum atomic E-state index is -0.932. The molecule has 0 bridgehead atoms. The molecule has 2 N–H and O–H groups in total. The SMILES string of the molecule is Cc1cccc(CC(=O)NCC2CCC(C(=O)O)O2)c1. The smallest absolute Gasteiger partial charge is 0.332 e. The molecule has 1 amide bonds. The fourth-order valence-corrected chi connectivity index (χ4v) is 2.34. The topological polar surface area (TPSA) is 75.6 Å². The molecule has 0 aromatic heterocycles. The molecule has 1 aromatic rings. The molecule has 1 aliphatic heterocycles. The lowest BCUT2D eigenvalue weighted by Crippen LogP contribution is -2.34. The molecular weight excluding hydrogens is 258 g/mol. The molecule has 5 nitrogen and oxygen atoms in total. The van der Waals surface area contributed by atoms with Crippen LogP contribution in [0.4, 0.5) is 0 Å². The Labute approximate surface area is 117 Å². The zero-order valence-corrected chi connectivity index (χ0v) is 11.5. The third-order valence-electron chi connectivity index (χ3n) is 3.36. The number of hydrogen-bond donors (Lipinski definition) is 2. The summed E-state index contributed by atoms with van der Waals surface area (Å²) in [6.07, 6.45) is 0.581. The van der Waals surface area contributed by atoms with Gasteiger partial charge in [0, 0.05) is 6.54 Å². The Morgan fingerprint density at radius 3 is 2.85 bits per heavy atom. The van der Waals surface area contributed by atoms with Crippen molar-refractivity contribution in [2.45, 2.75) is 38.4 Å². The van der Waals surface area contributed by atoms with Gasteiger partial charge >= 0.3 is 5.97 Å². The zero-order valence-electron chi connectivity index (χ0n) is 11.5. The van der Waals surface area contributed by atoms with Gasteiger partial charge in [-0.1, -0.05) is 29.8 Å². The van der Waals surface area contributed by atoms with E-state index >= 15 is 0 Å². The summed E-state index contributed by atoms with van der Waals surface area (Å²) in [4.78, 5) is 22.6. The molecule has 0 spiro atoms. The summed E-state index contributed by atoms with van der Waals surface area (Å²) in [6.45, 7) is 2.36. The van der Waals surface area contributed by atoms with Crippen molar-refractivity contribution >= 4 is 11.9 Å². The van der Waals surface area contributed by atoms with E-state index in [0.717, 1.165) is 11.1 Å². The van der Waals surface area contributed by atoms with Crippen molar-refractivity contribution in [2.75, 3.05) is 6.54 Å². The summed E-state index contributed by atoms with van der Waals surface area (Å²) in [6, 6.07) is 7.81. The summed E-state index contributed by atoms with van der Waals surface area (Å²) in [7, 11) is 0. The van der Waals surface area contributed by atoms with E-state index in [0.29, 0.717) is 25.8 Å². The zero-order chi connectivity index (χ0) is 14.5. The fourth-order valence-electron chi connectivity index (χ4n) is 2.34. The molecule has 5 heteroatoms. The van der Waals surface area contributed by atoms with E-state index in [2.05, 4.69) is 5.32 Å². The number of amides is 1. The van der Waals surface area contributed by atoms with E-state index in [-0.39, 0.29) is 12.0 Å². The average Bonchev–Trinajstić information content (AvgIpc) is 2.85. The average molecular weight is 277 g/mol. The molecule has 2 atom stereocenters. The number of ether oxygens (including phenoxy) is 1. The largest absolute Gasteiger partial charge is 0.479 e. The van der Waals surface area contributed by atoms with Gasteiger partial charge in [-0.25, -0.2) is 4.79 Å². The van der Waals surface area contributed by atoms with Gasteiger partial charge < -0.3 is 15.2 Å². The monoisotopic (exact) mass is 277 g/mol. The van der Waals surface area contributed by atoms with Gasteiger partial charge in [0.1, 0.15) is 0 Å². The first-order chi connectivity index (χ1) is 9.54. The Morgan fingerprint density at radius 2 is 2.20 bits per heavy atom. The lowest BCUT2D eigenvalue weighted by atomic mass is 10.1. The summed E-state index contributed by atoms with van der Waals surface area (Å²) >= 11 is 0. The van der Waals surface area contributed by atoms with Gasteiger partial charge in [-0.15, -0.1) is 0 Å². The third kappa shape index (κ3) is 4.06. The van der Waals surface area contributed by atoms with Gasteiger partial charge in [0.05, 0.1) is 12.5 Å². The lowest BCUT2D eigenvalue weighted by molar-refractivity contribution is -0.149. The normalized spacial score (nSPS) is 21.6. The Kier molecular flexibility index (Phi) is 4.74. The number of aryl methyl sites for hydroxylation is 1. The molecular formula is C15H19NO4. The van der Waals surface area contributed by atoms with Crippen LogP contribution >= 0.6 is 0 Å². The van der Waals surface area contributed by atoms with E-state index in [1.165, 1.54) is 0 Å². The van der Waals surface area contributed by atoms with Gasteiger partial charge in [-0.05, 0) is 25.3 Å². The van der Waals surface area contributed by atoms with Crippen LogP contribution in [0.15, 0.2) is 24.3 Å². The van der Waals surface area contributed by atoms with Crippen LogP contribution in [0, 0.1) is 6.92 Å². The molecule has 20 heavy (non-hydrogen) atoms. The molecule has 1 aromatic carbocycles. The number of nitrogens with one attached hydrogen (secondary N) is 1. The standard InChI is InChI=1S/C15H19NO4/c1-10-3-2-4-11(7-10)8-14(17)16-9-12-5-6-13(20-12)15(18)19/h2-4,7,12-13H,5-6,8-9H2,1H3,(H,16,17)(H,18,19). The first kappa shape index (κ1) is 14.5. The maximum Gasteiger partial charge on any atom is 0.332 e. The van der Waals surface area contributed by atoms with E-state index in [9.17, 15) is 9.59 Å². The number of carboxylic acid groups (broad SMARTS) is 1. The van der Waals surface area contributed by atoms with Crippen molar-refractivity contribution in [3.63, 3.8) is 0 Å². The van der Waals surface area contributed by atoms with Crippen LogP contribution < -0.4 is 5.32 Å². The summed E-state index contributed by atoms with van der Waals surface area (Å²) in [5.74, 6) is -1.00. The van der Waals surface area contributed by atoms with Crippen molar-refractivity contribution in [3.8, 4) is 0 Å². The van der Waals surface area contributed by atoms with Crippen molar-refractivity contribution in [1.82, 2.24) is 5.32 Å². The van der Waals surface area contributed by atoms with Crippen LogP contribution in [0.25, 0.3) is 0 Å². The van der Waals surface area contributed by atoms with E-state index < -0.39 is 12.1 Å². The highest BCUT2D eigenvalue weighted by molar-refractivity contribution is 5.78. The first-order valence-electron chi connectivity index (χ1n) is 6.75. The molecule has 0 saturated carbocycles. The molecule has 2 rings (SSSR count). The van der Waals surface area contributed by atoms with Crippen molar-refractivity contribution in [1.29, 1.82) is 0 Å². The van der Waals surface area contributed by atoms with Crippen LogP contribution in [-0.4, -0.2) is 35.7 Å². The second-order valence-electron chi connectivity index (χ2n) is 5.13. The lowest BCUT2D eigenvalue weighted by Gasteiger charge is -2.12. The van der Waals surface area contributed by atoms with Gasteiger partial charge in [-0.3, -0.25) is 4.79 Å². The van der Waals surface area contributed by atoms with E-state index in [1.807, 2.05) is 31.2 Å². The Hall–Kier alpha value is -1.88. The molecule has 1 aliphatic rings. The van der Waals surface area contributed by atoms with Gasteiger partial charge in [0.25, 0.3) is 0 Å². The van der Waals surface area contributed by atoms with Gasteiger partial charge in [0.2, 0.25) is 5.91 Å². The summed E-state index contributed by atoms with van der Waals surface area (Å²) in [5, 5.41) is 11.6. The maximum absolute atomic E-state index is 11.8. The molecule has 0 radical (unpaired) electrons. The number of carbonyl (C=O) groups is 2. The number of hydrogen-bond acceptors (Lipinski definition) is 3. The number of rotatable bonds is 5. The molecule has 2 unspecified atom stereocenters. The number of benzene rings is 1. The number of carbonyl (C=O) groups excluding carboxylic acids is 1. The maximum atomic E-state index is 11.8. The predicted molar refractivity (Wildman–Crippen MR) is 73.4 cm³/mol. The van der Waals surface area contributed by atoms with Crippen LogP contribution in [-0.2, 0) is 20.7 Å². The molecule has 0 aliphatic carbocycles. The molecule has 108 valence electrons. The molecule has 1 heterocycles. The van der Waals surface area contributed by atoms with Crippen LogP contribution in [0.5, 0.6) is 0 Å². The van der Waals surface area contributed by atoms with E-state index in [4.69, 9.17) is 9.84 Å². The minimum Gasteiger partial charge on any atom is -0.479 e.